The lowest BCUT2D eigenvalue weighted by Gasteiger charge is -2.01. The van der Waals surface area contributed by atoms with Crippen LogP contribution in [0, 0.1) is 12.7 Å². The average molecular weight is 151 g/mol. The number of aryl methyl sites for hydroxylation is 1. The van der Waals surface area contributed by atoms with Crippen LogP contribution < -0.4 is 5.32 Å². The third kappa shape index (κ3) is 1.80. The van der Waals surface area contributed by atoms with Crippen LogP contribution in [0.25, 0.3) is 0 Å². The van der Waals surface area contributed by atoms with Gasteiger partial charge in [0.1, 0.15) is 5.82 Å². The zero-order valence-electron chi connectivity index (χ0n) is 6.39. The van der Waals surface area contributed by atoms with E-state index in [9.17, 15) is 4.39 Å². The predicted molar refractivity (Wildman–Crippen MR) is 45.0 cm³/mol. The van der Waals surface area contributed by atoms with Gasteiger partial charge in [0, 0.05) is 5.69 Å². The van der Waals surface area contributed by atoms with Crippen LogP contribution in [0.4, 0.5) is 10.1 Å². The second-order valence-corrected chi connectivity index (χ2v) is 2.31. The Morgan fingerprint density at radius 1 is 1.55 bits per heavy atom. The van der Waals surface area contributed by atoms with Crippen LogP contribution in [0.3, 0.4) is 0 Å². The minimum Gasteiger partial charge on any atom is -0.362 e. The SMILES string of the molecule is C=CNc1ccc(C)c(F)c1. The fourth-order valence-electron chi connectivity index (χ4n) is 0.800. The number of rotatable bonds is 2. The van der Waals surface area contributed by atoms with E-state index in [0.717, 1.165) is 5.69 Å². The fraction of sp³-hybridized carbons (Fsp3) is 0.111. The molecular formula is C9H10FN. The quantitative estimate of drug-likeness (QED) is 0.685. The lowest BCUT2D eigenvalue weighted by Crippen LogP contribution is -1.88. The molecule has 0 radical (unpaired) electrons. The van der Waals surface area contributed by atoms with Gasteiger partial charge in [-0.15, -0.1) is 0 Å². The van der Waals surface area contributed by atoms with E-state index < -0.39 is 0 Å². The topological polar surface area (TPSA) is 12.0 Å². The summed E-state index contributed by atoms with van der Waals surface area (Å²) in [6.07, 6.45) is 1.52. The second-order valence-electron chi connectivity index (χ2n) is 2.31. The molecule has 0 amide bonds. The van der Waals surface area contributed by atoms with Crippen molar-refractivity contribution in [3.05, 3.63) is 42.4 Å². The predicted octanol–water partition coefficient (Wildman–Crippen LogP) is 2.69. The van der Waals surface area contributed by atoms with Gasteiger partial charge in [-0.1, -0.05) is 12.6 Å². The first-order chi connectivity index (χ1) is 5.24. The summed E-state index contributed by atoms with van der Waals surface area (Å²) in [5.41, 5.74) is 1.38. The Morgan fingerprint density at radius 2 is 2.27 bits per heavy atom. The van der Waals surface area contributed by atoms with Gasteiger partial charge < -0.3 is 5.32 Å². The maximum atomic E-state index is 12.8. The lowest BCUT2D eigenvalue weighted by atomic mass is 10.2. The number of hydrogen-bond acceptors (Lipinski definition) is 1. The molecule has 0 saturated carbocycles. The summed E-state index contributed by atoms with van der Waals surface area (Å²) < 4.78 is 12.8. The summed E-state index contributed by atoms with van der Waals surface area (Å²) in [5.74, 6) is -0.197. The summed E-state index contributed by atoms with van der Waals surface area (Å²) in [4.78, 5) is 0. The van der Waals surface area contributed by atoms with E-state index in [4.69, 9.17) is 0 Å². The third-order valence-corrected chi connectivity index (χ3v) is 1.44. The first-order valence-corrected chi connectivity index (χ1v) is 3.37. The van der Waals surface area contributed by atoms with E-state index in [1.54, 1.807) is 19.1 Å². The molecular weight excluding hydrogens is 141 g/mol. The molecule has 1 nitrogen and oxygen atoms in total. The monoisotopic (exact) mass is 151 g/mol. The zero-order valence-corrected chi connectivity index (χ0v) is 6.39. The maximum Gasteiger partial charge on any atom is 0.128 e. The molecule has 0 atom stereocenters. The number of nitrogens with one attached hydrogen (secondary N) is 1. The zero-order chi connectivity index (χ0) is 8.27. The van der Waals surface area contributed by atoms with Gasteiger partial charge >= 0.3 is 0 Å². The highest BCUT2D eigenvalue weighted by molar-refractivity contribution is 5.46. The highest BCUT2D eigenvalue weighted by atomic mass is 19.1. The molecule has 0 heterocycles. The van der Waals surface area contributed by atoms with Crippen molar-refractivity contribution < 1.29 is 4.39 Å². The average Bonchev–Trinajstić information content (AvgIpc) is 1.98. The Kier molecular flexibility index (Phi) is 2.26. The molecule has 0 aliphatic heterocycles. The Labute approximate surface area is 65.6 Å². The van der Waals surface area contributed by atoms with Crippen molar-refractivity contribution in [3.63, 3.8) is 0 Å². The lowest BCUT2D eigenvalue weighted by molar-refractivity contribution is 0.619. The Morgan fingerprint density at radius 3 is 2.82 bits per heavy atom. The van der Waals surface area contributed by atoms with Crippen molar-refractivity contribution in [3.8, 4) is 0 Å². The van der Waals surface area contributed by atoms with Gasteiger partial charge in [-0.3, -0.25) is 0 Å². The Bertz CT molecular complexity index is 268. The maximum absolute atomic E-state index is 12.8. The largest absolute Gasteiger partial charge is 0.362 e. The first kappa shape index (κ1) is 7.79. The molecule has 0 spiro atoms. The molecule has 58 valence electrons. The van der Waals surface area contributed by atoms with E-state index >= 15 is 0 Å². The fourth-order valence-corrected chi connectivity index (χ4v) is 0.800. The van der Waals surface area contributed by atoms with Crippen LogP contribution in [-0.4, -0.2) is 0 Å². The molecule has 0 fully saturated rings. The van der Waals surface area contributed by atoms with Crippen molar-refractivity contribution in [1.82, 2.24) is 0 Å². The smallest absolute Gasteiger partial charge is 0.128 e. The molecule has 1 N–H and O–H groups in total. The van der Waals surface area contributed by atoms with Crippen molar-refractivity contribution in [2.45, 2.75) is 6.92 Å². The molecule has 2 heteroatoms. The molecule has 1 rings (SSSR count). The van der Waals surface area contributed by atoms with Crippen LogP contribution in [0.2, 0.25) is 0 Å². The van der Waals surface area contributed by atoms with Crippen molar-refractivity contribution in [1.29, 1.82) is 0 Å². The third-order valence-electron chi connectivity index (χ3n) is 1.44. The van der Waals surface area contributed by atoms with Gasteiger partial charge in [-0.05, 0) is 30.8 Å². The van der Waals surface area contributed by atoms with Crippen molar-refractivity contribution >= 4 is 5.69 Å². The summed E-state index contributed by atoms with van der Waals surface area (Å²) in [5, 5.41) is 2.80. The molecule has 0 aliphatic rings. The van der Waals surface area contributed by atoms with E-state index in [1.807, 2.05) is 0 Å². The van der Waals surface area contributed by atoms with Crippen LogP contribution in [0.5, 0.6) is 0 Å². The first-order valence-electron chi connectivity index (χ1n) is 3.37. The Balaban J connectivity index is 2.95. The molecule has 0 aromatic heterocycles. The number of halogens is 1. The summed E-state index contributed by atoms with van der Waals surface area (Å²) in [7, 11) is 0. The van der Waals surface area contributed by atoms with Gasteiger partial charge in [-0.25, -0.2) is 4.39 Å². The van der Waals surface area contributed by atoms with E-state index in [2.05, 4.69) is 11.9 Å². The summed E-state index contributed by atoms with van der Waals surface area (Å²) in [6, 6.07) is 4.97. The van der Waals surface area contributed by atoms with Crippen LogP contribution in [0.15, 0.2) is 31.0 Å². The molecule has 0 saturated heterocycles. The van der Waals surface area contributed by atoms with E-state index in [0.29, 0.717) is 5.56 Å². The van der Waals surface area contributed by atoms with Gasteiger partial charge in [-0.2, -0.15) is 0 Å². The molecule has 11 heavy (non-hydrogen) atoms. The molecule has 1 aromatic carbocycles. The highest BCUT2D eigenvalue weighted by Crippen LogP contribution is 2.12. The molecule has 0 unspecified atom stereocenters. The minimum absolute atomic E-state index is 0.197. The van der Waals surface area contributed by atoms with Crippen molar-refractivity contribution in [2.75, 3.05) is 5.32 Å². The summed E-state index contributed by atoms with van der Waals surface area (Å²) >= 11 is 0. The molecule has 1 aromatic rings. The Hall–Kier alpha value is -1.31. The van der Waals surface area contributed by atoms with Crippen LogP contribution >= 0.6 is 0 Å². The van der Waals surface area contributed by atoms with Crippen LogP contribution in [0.1, 0.15) is 5.56 Å². The van der Waals surface area contributed by atoms with Gasteiger partial charge in [0.2, 0.25) is 0 Å². The van der Waals surface area contributed by atoms with Gasteiger partial charge in [0.05, 0.1) is 0 Å². The molecule has 0 bridgehead atoms. The second kappa shape index (κ2) is 3.19. The minimum atomic E-state index is -0.197. The standard InChI is InChI=1S/C9H10FN/c1-3-11-8-5-4-7(2)9(10)6-8/h3-6,11H,1H2,2H3. The van der Waals surface area contributed by atoms with Gasteiger partial charge in [0.25, 0.3) is 0 Å². The van der Waals surface area contributed by atoms with E-state index in [1.165, 1.54) is 12.3 Å². The highest BCUT2D eigenvalue weighted by Gasteiger charge is 1.96. The summed E-state index contributed by atoms with van der Waals surface area (Å²) in [6.45, 7) is 5.20. The number of hydrogen-bond donors (Lipinski definition) is 1. The van der Waals surface area contributed by atoms with Crippen LogP contribution in [-0.2, 0) is 0 Å². The van der Waals surface area contributed by atoms with Gasteiger partial charge in [0.15, 0.2) is 0 Å². The molecule has 0 aliphatic carbocycles. The number of anilines is 1. The number of benzene rings is 1. The van der Waals surface area contributed by atoms with E-state index in [-0.39, 0.29) is 5.82 Å². The normalized spacial score (nSPS) is 9.27. The van der Waals surface area contributed by atoms with Crippen molar-refractivity contribution in [2.24, 2.45) is 0 Å².